The van der Waals surface area contributed by atoms with E-state index in [0.29, 0.717) is 0 Å². The quantitative estimate of drug-likeness (QED) is 0.668. The number of para-hydroxylation sites is 2. The second-order valence-electron chi connectivity index (χ2n) is 6.20. The molecule has 0 aliphatic heterocycles. The summed E-state index contributed by atoms with van der Waals surface area (Å²) in [6.45, 7) is 6.87. The van der Waals surface area contributed by atoms with Gasteiger partial charge < -0.3 is 9.88 Å². The van der Waals surface area contributed by atoms with Gasteiger partial charge in [0.2, 0.25) is 5.91 Å². The molecule has 3 rings (SSSR count). The lowest BCUT2D eigenvalue weighted by Gasteiger charge is -2.18. The molecule has 0 radical (unpaired) electrons. The predicted octanol–water partition coefficient (Wildman–Crippen LogP) is 4.41. The first-order chi connectivity index (χ1) is 12.1. The van der Waals surface area contributed by atoms with Crippen molar-refractivity contribution in [2.75, 3.05) is 0 Å². The third-order valence-electron chi connectivity index (χ3n) is 3.93. The van der Waals surface area contributed by atoms with Gasteiger partial charge in [0.15, 0.2) is 5.16 Å². The number of nitrogens with one attached hydrogen (secondary N) is 1. The molecule has 0 bridgehead atoms. The lowest BCUT2D eigenvalue weighted by atomic mass is 10.1. The lowest BCUT2D eigenvalue weighted by molar-refractivity contribution is -0.121. The van der Waals surface area contributed by atoms with Crippen molar-refractivity contribution in [1.29, 1.82) is 0 Å². The Morgan fingerprint density at radius 3 is 2.48 bits per heavy atom. The largest absolute Gasteiger partial charge is 0.353 e. The van der Waals surface area contributed by atoms with E-state index in [9.17, 15) is 4.79 Å². The maximum Gasteiger partial charge on any atom is 0.238 e. The molecule has 1 atom stereocenters. The summed E-state index contributed by atoms with van der Waals surface area (Å²) in [7, 11) is 0. The lowest BCUT2D eigenvalue weighted by Crippen LogP contribution is -2.33. The van der Waals surface area contributed by atoms with Crippen LogP contribution in [-0.4, -0.2) is 21.5 Å². The minimum Gasteiger partial charge on any atom is -0.353 e. The zero-order chi connectivity index (χ0) is 17.8. The van der Waals surface area contributed by atoms with Crippen molar-refractivity contribution in [1.82, 2.24) is 14.9 Å². The Morgan fingerprint density at radius 1 is 1.12 bits per heavy atom. The van der Waals surface area contributed by atoms with E-state index in [1.807, 2.05) is 62.4 Å². The number of thioether (sulfide) groups is 1. The van der Waals surface area contributed by atoms with E-state index in [2.05, 4.69) is 22.9 Å². The van der Waals surface area contributed by atoms with Crippen LogP contribution in [0, 0.1) is 0 Å². The number of hydrogen-bond donors (Lipinski definition) is 1. The first-order valence-corrected chi connectivity index (χ1v) is 9.45. The number of rotatable bonds is 6. The Kier molecular flexibility index (Phi) is 5.43. The average molecular weight is 353 g/mol. The molecule has 1 N–H and O–H groups in total. The predicted molar refractivity (Wildman–Crippen MR) is 104 cm³/mol. The molecule has 1 unspecified atom stereocenters. The van der Waals surface area contributed by atoms with Gasteiger partial charge in [0.25, 0.3) is 0 Å². The van der Waals surface area contributed by atoms with Gasteiger partial charge in [-0.25, -0.2) is 4.98 Å². The Bertz CT molecular complexity index is 858. The van der Waals surface area contributed by atoms with Crippen molar-refractivity contribution < 1.29 is 4.79 Å². The van der Waals surface area contributed by atoms with Gasteiger partial charge in [-0.3, -0.25) is 4.79 Å². The molecule has 1 heterocycles. The van der Waals surface area contributed by atoms with Gasteiger partial charge >= 0.3 is 0 Å². The number of amides is 1. The van der Waals surface area contributed by atoms with Crippen molar-refractivity contribution in [2.45, 2.75) is 43.8 Å². The Balaban J connectivity index is 1.99. The van der Waals surface area contributed by atoms with Gasteiger partial charge in [0, 0.05) is 12.6 Å². The SMILES string of the molecule is CCn1c(SC(C(=O)NC(C)C)c2ccccc2)nc2ccccc21. The van der Waals surface area contributed by atoms with E-state index in [-0.39, 0.29) is 17.2 Å². The summed E-state index contributed by atoms with van der Waals surface area (Å²) in [5, 5.41) is 3.58. The summed E-state index contributed by atoms with van der Waals surface area (Å²) in [5.41, 5.74) is 3.05. The number of carbonyl (C=O) groups excluding carboxylic acids is 1. The molecule has 25 heavy (non-hydrogen) atoms. The molecule has 0 aliphatic carbocycles. The molecule has 0 aliphatic rings. The molecule has 0 saturated heterocycles. The smallest absolute Gasteiger partial charge is 0.238 e. The standard InChI is InChI=1S/C20H23N3OS/c1-4-23-17-13-9-8-12-16(17)22-20(23)25-18(19(24)21-14(2)3)15-10-6-5-7-11-15/h5-14,18H,4H2,1-3H3,(H,21,24). The van der Waals surface area contributed by atoms with E-state index < -0.39 is 0 Å². The van der Waals surface area contributed by atoms with Crippen molar-refractivity contribution >= 4 is 28.7 Å². The van der Waals surface area contributed by atoms with Crippen LogP contribution in [0.4, 0.5) is 0 Å². The summed E-state index contributed by atoms with van der Waals surface area (Å²) in [6.07, 6.45) is 0. The van der Waals surface area contributed by atoms with Crippen LogP contribution in [0.5, 0.6) is 0 Å². The van der Waals surface area contributed by atoms with E-state index in [4.69, 9.17) is 4.98 Å². The number of imidazole rings is 1. The number of aryl methyl sites for hydroxylation is 1. The number of aromatic nitrogens is 2. The normalized spacial score (nSPS) is 12.5. The van der Waals surface area contributed by atoms with Crippen LogP contribution in [0.25, 0.3) is 11.0 Å². The highest BCUT2D eigenvalue weighted by molar-refractivity contribution is 8.00. The number of benzene rings is 2. The van der Waals surface area contributed by atoms with Gasteiger partial charge in [-0.2, -0.15) is 0 Å². The average Bonchev–Trinajstić information content (AvgIpc) is 2.97. The second-order valence-corrected chi connectivity index (χ2v) is 7.27. The molecular formula is C20H23N3OS. The molecule has 1 aromatic heterocycles. The van der Waals surface area contributed by atoms with Crippen LogP contribution in [0.15, 0.2) is 59.8 Å². The van der Waals surface area contributed by atoms with Crippen LogP contribution in [0.3, 0.4) is 0 Å². The first-order valence-electron chi connectivity index (χ1n) is 8.57. The topological polar surface area (TPSA) is 46.9 Å². The monoisotopic (exact) mass is 353 g/mol. The van der Waals surface area contributed by atoms with E-state index in [0.717, 1.165) is 28.3 Å². The summed E-state index contributed by atoms with van der Waals surface area (Å²) < 4.78 is 2.17. The van der Waals surface area contributed by atoms with Gasteiger partial charge in [-0.1, -0.05) is 54.2 Å². The fourth-order valence-corrected chi connectivity index (χ4v) is 4.00. The third-order valence-corrected chi connectivity index (χ3v) is 5.17. The van der Waals surface area contributed by atoms with Gasteiger partial charge in [0.1, 0.15) is 5.25 Å². The molecule has 0 spiro atoms. The molecule has 0 fully saturated rings. The summed E-state index contributed by atoms with van der Waals surface area (Å²) >= 11 is 1.51. The summed E-state index contributed by atoms with van der Waals surface area (Å²) in [6, 6.07) is 18.1. The highest BCUT2D eigenvalue weighted by Gasteiger charge is 2.25. The number of fused-ring (bicyclic) bond motifs is 1. The van der Waals surface area contributed by atoms with Crippen molar-refractivity contribution in [3.63, 3.8) is 0 Å². The van der Waals surface area contributed by atoms with Gasteiger partial charge in [0.05, 0.1) is 11.0 Å². The first kappa shape index (κ1) is 17.5. The summed E-state index contributed by atoms with van der Waals surface area (Å²) in [5.74, 6) is 0.0147. The molecular weight excluding hydrogens is 330 g/mol. The highest BCUT2D eigenvalue weighted by Crippen LogP contribution is 2.36. The van der Waals surface area contributed by atoms with Crippen LogP contribution in [0.1, 0.15) is 31.6 Å². The molecule has 3 aromatic rings. The maximum atomic E-state index is 12.8. The van der Waals surface area contributed by atoms with Gasteiger partial charge in [-0.15, -0.1) is 0 Å². The van der Waals surface area contributed by atoms with Crippen molar-refractivity contribution in [3.8, 4) is 0 Å². The summed E-state index contributed by atoms with van der Waals surface area (Å²) in [4.78, 5) is 17.6. The zero-order valence-corrected chi connectivity index (χ0v) is 15.6. The molecule has 2 aromatic carbocycles. The fraction of sp³-hybridized carbons (Fsp3) is 0.300. The van der Waals surface area contributed by atoms with E-state index >= 15 is 0 Å². The minimum atomic E-state index is -0.328. The van der Waals surface area contributed by atoms with Gasteiger partial charge in [-0.05, 0) is 38.5 Å². The third kappa shape index (κ3) is 3.87. The number of hydrogen-bond acceptors (Lipinski definition) is 3. The maximum absolute atomic E-state index is 12.8. The van der Waals surface area contributed by atoms with E-state index in [1.54, 1.807) is 0 Å². The molecule has 5 heteroatoms. The second kappa shape index (κ2) is 7.74. The van der Waals surface area contributed by atoms with Crippen LogP contribution in [-0.2, 0) is 11.3 Å². The zero-order valence-electron chi connectivity index (χ0n) is 14.8. The van der Waals surface area contributed by atoms with Crippen molar-refractivity contribution in [2.24, 2.45) is 0 Å². The Labute approximate surface area is 152 Å². The highest BCUT2D eigenvalue weighted by atomic mass is 32.2. The van der Waals surface area contributed by atoms with E-state index in [1.165, 1.54) is 11.8 Å². The Hall–Kier alpha value is -2.27. The number of nitrogens with zero attached hydrogens (tertiary/aromatic N) is 2. The minimum absolute atomic E-state index is 0.0147. The molecule has 1 amide bonds. The fourth-order valence-electron chi connectivity index (χ4n) is 2.82. The van der Waals surface area contributed by atoms with Crippen LogP contribution in [0.2, 0.25) is 0 Å². The molecule has 130 valence electrons. The molecule has 4 nitrogen and oxygen atoms in total. The van der Waals surface area contributed by atoms with Crippen LogP contribution < -0.4 is 5.32 Å². The molecule has 0 saturated carbocycles. The Morgan fingerprint density at radius 2 is 1.80 bits per heavy atom. The number of carbonyl (C=O) groups is 1. The van der Waals surface area contributed by atoms with Crippen molar-refractivity contribution in [3.05, 3.63) is 60.2 Å². The van der Waals surface area contributed by atoms with Crippen LogP contribution >= 0.6 is 11.8 Å².